The molecule has 2 aromatic carbocycles. The minimum Gasteiger partial charge on any atom is -0.508 e. The average Bonchev–Trinajstić information content (AvgIpc) is 2.50. The number of amides is 1. The fourth-order valence-electron chi connectivity index (χ4n) is 3.10. The lowest BCUT2D eigenvalue weighted by molar-refractivity contribution is -0.126. The van der Waals surface area contributed by atoms with E-state index in [0.717, 1.165) is 16.7 Å². The molecule has 0 saturated heterocycles. The van der Waals surface area contributed by atoms with Crippen LogP contribution in [0.2, 0.25) is 0 Å². The quantitative estimate of drug-likeness (QED) is 0.884. The van der Waals surface area contributed by atoms with Crippen LogP contribution in [-0.4, -0.2) is 23.7 Å². The number of benzene rings is 2. The number of fused-ring (bicyclic) bond motifs is 1. The van der Waals surface area contributed by atoms with Gasteiger partial charge in [-0.25, -0.2) is 0 Å². The Morgan fingerprint density at radius 3 is 2.58 bits per heavy atom. The van der Waals surface area contributed by atoms with Gasteiger partial charge in [0.15, 0.2) is 6.10 Å². The molecule has 122 valence electrons. The normalized spacial score (nSPS) is 16.3. The maximum absolute atomic E-state index is 12.8. The number of rotatable bonds is 3. The van der Waals surface area contributed by atoms with Gasteiger partial charge in [-0.1, -0.05) is 35.2 Å². The second kappa shape index (κ2) is 6.29. The molecule has 0 aliphatic carbocycles. The number of nitrogens with zero attached hydrogens (tertiary/aromatic N) is 1. The standard InChI is InChI=1S/C20H19NO3/c1-4-7-21-17-6-5-16(22)12-18(17)24-19(20(21)23)11-15-9-13(2)8-14(3)10-15/h1,5-6,8-10,12,19,22H,7,11H2,2-3H3. The Kier molecular flexibility index (Phi) is 4.18. The van der Waals surface area contributed by atoms with Crippen molar-refractivity contribution in [1.82, 2.24) is 0 Å². The van der Waals surface area contributed by atoms with Gasteiger partial charge in [0.05, 0.1) is 12.2 Å². The summed E-state index contributed by atoms with van der Waals surface area (Å²) in [7, 11) is 0. The van der Waals surface area contributed by atoms with E-state index in [1.807, 2.05) is 26.0 Å². The molecule has 1 heterocycles. The van der Waals surface area contributed by atoms with Gasteiger partial charge in [-0.2, -0.15) is 0 Å². The van der Waals surface area contributed by atoms with Crippen molar-refractivity contribution in [2.45, 2.75) is 26.4 Å². The maximum atomic E-state index is 12.8. The van der Waals surface area contributed by atoms with Crippen molar-refractivity contribution in [3.63, 3.8) is 0 Å². The van der Waals surface area contributed by atoms with Gasteiger partial charge in [0.1, 0.15) is 11.5 Å². The van der Waals surface area contributed by atoms with Gasteiger partial charge in [-0.15, -0.1) is 6.42 Å². The molecule has 24 heavy (non-hydrogen) atoms. The first-order valence-corrected chi connectivity index (χ1v) is 7.79. The molecule has 0 bridgehead atoms. The Morgan fingerprint density at radius 1 is 1.21 bits per heavy atom. The zero-order chi connectivity index (χ0) is 17.3. The monoisotopic (exact) mass is 321 g/mol. The highest BCUT2D eigenvalue weighted by Gasteiger charge is 2.34. The molecule has 0 fully saturated rings. The van der Waals surface area contributed by atoms with E-state index in [0.29, 0.717) is 17.9 Å². The lowest BCUT2D eigenvalue weighted by atomic mass is 10.0. The Hall–Kier alpha value is -2.93. The van der Waals surface area contributed by atoms with Gasteiger partial charge in [-0.3, -0.25) is 9.69 Å². The number of carbonyl (C=O) groups is 1. The zero-order valence-corrected chi connectivity index (χ0v) is 13.7. The molecule has 0 spiro atoms. The number of phenols is 1. The van der Waals surface area contributed by atoms with Gasteiger partial charge >= 0.3 is 0 Å². The van der Waals surface area contributed by atoms with Gasteiger partial charge in [0.2, 0.25) is 0 Å². The molecular weight excluding hydrogens is 302 g/mol. The lowest BCUT2D eigenvalue weighted by Gasteiger charge is -2.33. The van der Waals surface area contributed by atoms with Gasteiger partial charge in [0, 0.05) is 12.5 Å². The molecule has 1 aliphatic rings. The van der Waals surface area contributed by atoms with Crippen molar-refractivity contribution in [1.29, 1.82) is 0 Å². The van der Waals surface area contributed by atoms with E-state index in [-0.39, 0.29) is 18.2 Å². The van der Waals surface area contributed by atoms with E-state index in [4.69, 9.17) is 11.2 Å². The van der Waals surface area contributed by atoms with Gasteiger partial charge < -0.3 is 9.84 Å². The van der Waals surface area contributed by atoms with Crippen molar-refractivity contribution in [3.8, 4) is 23.8 Å². The Bertz CT molecular complexity index is 815. The van der Waals surface area contributed by atoms with Gasteiger partial charge in [0.25, 0.3) is 5.91 Å². The van der Waals surface area contributed by atoms with Crippen LogP contribution in [0.3, 0.4) is 0 Å². The molecule has 4 heteroatoms. The van der Waals surface area contributed by atoms with Crippen LogP contribution in [0.4, 0.5) is 5.69 Å². The van der Waals surface area contributed by atoms with E-state index in [2.05, 4.69) is 12.0 Å². The fourth-order valence-corrected chi connectivity index (χ4v) is 3.10. The largest absolute Gasteiger partial charge is 0.508 e. The van der Waals surface area contributed by atoms with Crippen LogP contribution in [0, 0.1) is 26.2 Å². The Morgan fingerprint density at radius 2 is 1.92 bits per heavy atom. The first kappa shape index (κ1) is 15.9. The smallest absolute Gasteiger partial charge is 0.269 e. The molecule has 0 saturated carbocycles. The third kappa shape index (κ3) is 3.07. The maximum Gasteiger partial charge on any atom is 0.269 e. The van der Waals surface area contributed by atoms with Crippen LogP contribution in [-0.2, 0) is 11.2 Å². The summed E-state index contributed by atoms with van der Waals surface area (Å²) in [5, 5.41) is 9.70. The summed E-state index contributed by atoms with van der Waals surface area (Å²) in [5.74, 6) is 2.91. The number of anilines is 1. The minimum absolute atomic E-state index is 0.0916. The van der Waals surface area contributed by atoms with Crippen LogP contribution in [0.25, 0.3) is 0 Å². The predicted molar refractivity (Wildman–Crippen MR) is 93.3 cm³/mol. The summed E-state index contributed by atoms with van der Waals surface area (Å²) in [6.07, 6.45) is 5.21. The number of carbonyl (C=O) groups excluding carboxylic acids is 1. The van der Waals surface area contributed by atoms with E-state index in [1.54, 1.807) is 6.07 Å². The zero-order valence-electron chi connectivity index (χ0n) is 13.7. The van der Waals surface area contributed by atoms with Crippen molar-refractivity contribution < 1.29 is 14.6 Å². The fraction of sp³-hybridized carbons (Fsp3) is 0.250. The molecule has 4 nitrogen and oxygen atoms in total. The van der Waals surface area contributed by atoms with Crippen molar-refractivity contribution >= 4 is 11.6 Å². The Balaban J connectivity index is 1.94. The van der Waals surface area contributed by atoms with Gasteiger partial charge in [-0.05, 0) is 31.5 Å². The number of aryl methyl sites for hydroxylation is 2. The van der Waals surface area contributed by atoms with Crippen LogP contribution in [0.1, 0.15) is 16.7 Å². The highest BCUT2D eigenvalue weighted by molar-refractivity contribution is 6.00. The summed E-state index contributed by atoms with van der Waals surface area (Å²) >= 11 is 0. The molecule has 0 radical (unpaired) electrons. The van der Waals surface area contributed by atoms with E-state index in [1.165, 1.54) is 17.0 Å². The first-order chi connectivity index (χ1) is 11.5. The van der Waals surface area contributed by atoms with Crippen molar-refractivity contribution in [2.75, 3.05) is 11.4 Å². The second-order valence-electron chi connectivity index (χ2n) is 6.09. The Labute approximate surface area is 141 Å². The van der Waals surface area contributed by atoms with Crippen molar-refractivity contribution in [3.05, 3.63) is 53.1 Å². The number of hydrogen-bond donors (Lipinski definition) is 1. The molecule has 1 aliphatic heterocycles. The van der Waals surface area contributed by atoms with E-state index >= 15 is 0 Å². The highest BCUT2D eigenvalue weighted by Crippen LogP contribution is 2.37. The molecule has 1 unspecified atom stereocenters. The molecule has 1 N–H and O–H groups in total. The summed E-state index contributed by atoms with van der Waals surface area (Å²) in [4.78, 5) is 14.3. The topological polar surface area (TPSA) is 49.8 Å². The highest BCUT2D eigenvalue weighted by atomic mass is 16.5. The molecule has 2 aromatic rings. The molecule has 1 amide bonds. The lowest BCUT2D eigenvalue weighted by Crippen LogP contribution is -2.47. The number of ether oxygens (including phenoxy) is 1. The third-order valence-corrected chi connectivity index (χ3v) is 4.00. The third-order valence-electron chi connectivity index (χ3n) is 4.00. The number of terminal acetylenes is 1. The number of phenolic OH excluding ortho intramolecular Hbond substituents is 1. The van der Waals surface area contributed by atoms with Crippen LogP contribution in [0.15, 0.2) is 36.4 Å². The number of hydrogen-bond acceptors (Lipinski definition) is 3. The SMILES string of the molecule is C#CCN1C(=O)C(Cc2cc(C)cc(C)c2)Oc2cc(O)ccc21. The van der Waals surface area contributed by atoms with E-state index < -0.39 is 6.10 Å². The number of aromatic hydroxyl groups is 1. The summed E-state index contributed by atoms with van der Waals surface area (Å²) in [6, 6.07) is 10.9. The summed E-state index contributed by atoms with van der Waals surface area (Å²) in [6.45, 7) is 4.22. The minimum atomic E-state index is -0.658. The molecule has 1 atom stereocenters. The first-order valence-electron chi connectivity index (χ1n) is 7.79. The van der Waals surface area contributed by atoms with Crippen LogP contribution in [0.5, 0.6) is 11.5 Å². The predicted octanol–water partition coefficient (Wildman–Crippen LogP) is 2.98. The molecular formula is C20H19NO3. The van der Waals surface area contributed by atoms with Crippen LogP contribution < -0.4 is 9.64 Å². The summed E-state index contributed by atoms with van der Waals surface area (Å²) in [5.41, 5.74) is 3.92. The molecule has 3 rings (SSSR count). The van der Waals surface area contributed by atoms with Crippen LogP contribution >= 0.6 is 0 Å². The van der Waals surface area contributed by atoms with E-state index in [9.17, 15) is 9.90 Å². The second-order valence-corrected chi connectivity index (χ2v) is 6.09. The summed E-state index contributed by atoms with van der Waals surface area (Å²) < 4.78 is 5.87. The molecule has 0 aromatic heterocycles. The van der Waals surface area contributed by atoms with Crippen molar-refractivity contribution in [2.24, 2.45) is 0 Å². The average molecular weight is 321 g/mol.